The summed E-state index contributed by atoms with van der Waals surface area (Å²) in [5.41, 5.74) is 0. The van der Waals surface area contributed by atoms with Crippen LogP contribution in [0.2, 0.25) is 0 Å². The Kier molecular flexibility index (Phi) is 7.48. The van der Waals surface area contributed by atoms with Gasteiger partial charge in [0.05, 0.1) is 6.61 Å². The van der Waals surface area contributed by atoms with Crippen molar-refractivity contribution in [3.8, 4) is 0 Å². The Labute approximate surface area is 115 Å². The topological polar surface area (TPSA) is 67.4 Å². The molecule has 19 heavy (non-hydrogen) atoms. The van der Waals surface area contributed by atoms with E-state index in [1.165, 1.54) is 32.1 Å². The van der Waals surface area contributed by atoms with Crippen LogP contribution in [-0.2, 0) is 14.3 Å². The lowest BCUT2D eigenvalue weighted by molar-refractivity contribution is -0.130. The van der Waals surface area contributed by atoms with Gasteiger partial charge < -0.3 is 15.4 Å². The molecule has 0 aromatic rings. The number of amides is 2. The van der Waals surface area contributed by atoms with Gasteiger partial charge in [-0.15, -0.1) is 0 Å². The van der Waals surface area contributed by atoms with E-state index in [-0.39, 0.29) is 18.4 Å². The summed E-state index contributed by atoms with van der Waals surface area (Å²) in [5, 5.41) is 5.23. The van der Waals surface area contributed by atoms with Crippen LogP contribution in [0, 0.1) is 5.92 Å². The lowest BCUT2D eigenvalue weighted by Crippen LogP contribution is -2.48. The Morgan fingerprint density at radius 2 is 1.95 bits per heavy atom. The highest BCUT2D eigenvalue weighted by atomic mass is 16.5. The number of hydrogen-bond acceptors (Lipinski definition) is 3. The molecule has 0 aliphatic heterocycles. The Morgan fingerprint density at radius 3 is 2.53 bits per heavy atom. The third kappa shape index (κ3) is 6.05. The Hall–Kier alpha value is -1.10. The second-order valence-electron chi connectivity index (χ2n) is 5.13. The summed E-state index contributed by atoms with van der Waals surface area (Å²) in [4.78, 5) is 23.0. The van der Waals surface area contributed by atoms with Gasteiger partial charge >= 0.3 is 0 Å². The van der Waals surface area contributed by atoms with Gasteiger partial charge in [0.15, 0.2) is 0 Å². The van der Waals surface area contributed by atoms with E-state index in [0.29, 0.717) is 18.9 Å². The third-order valence-electron chi connectivity index (χ3n) is 3.58. The summed E-state index contributed by atoms with van der Waals surface area (Å²) < 4.78 is 5.63. The molecule has 1 atom stereocenters. The second kappa shape index (κ2) is 8.91. The molecule has 110 valence electrons. The minimum atomic E-state index is -0.582. The molecular weight excluding hydrogens is 244 g/mol. The number of carbonyl (C=O) groups excluding carboxylic acids is 2. The highest BCUT2D eigenvalue weighted by molar-refractivity contribution is 5.87. The Bertz CT molecular complexity index is 288. The standard InChI is InChI=1S/C14H26N2O3/c1-3-13(17)16-12(14(18)15-2)10-19-9-11-7-5-4-6-8-11/h11-12H,3-10H2,1-2H3,(H,15,18)(H,16,17). The molecule has 0 spiro atoms. The molecule has 1 saturated carbocycles. The van der Waals surface area contributed by atoms with E-state index in [9.17, 15) is 9.59 Å². The minimum Gasteiger partial charge on any atom is -0.378 e. The van der Waals surface area contributed by atoms with Crippen molar-refractivity contribution in [1.82, 2.24) is 10.6 Å². The van der Waals surface area contributed by atoms with E-state index in [0.717, 1.165) is 0 Å². The SMILES string of the molecule is CCC(=O)NC(COCC1CCCCC1)C(=O)NC. The van der Waals surface area contributed by atoms with Crippen molar-refractivity contribution in [3.05, 3.63) is 0 Å². The summed E-state index contributed by atoms with van der Waals surface area (Å²) in [7, 11) is 1.56. The molecule has 5 nitrogen and oxygen atoms in total. The fourth-order valence-corrected chi connectivity index (χ4v) is 2.36. The van der Waals surface area contributed by atoms with Crippen LogP contribution in [0.3, 0.4) is 0 Å². The number of ether oxygens (including phenoxy) is 1. The molecule has 2 amide bonds. The summed E-state index contributed by atoms with van der Waals surface area (Å²) in [6.07, 6.45) is 6.68. The van der Waals surface area contributed by atoms with Gasteiger partial charge in [-0.1, -0.05) is 26.2 Å². The number of nitrogens with one attached hydrogen (secondary N) is 2. The summed E-state index contributed by atoms with van der Waals surface area (Å²) in [6.45, 7) is 2.70. The zero-order valence-electron chi connectivity index (χ0n) is 12.0. The van der Waals surface area contributed by atoms with Crippen LogP contribution in [0.1, 0.15) is 45.4 Å². The van der Waals surface area contributed by atoms with Crippen molar-refractivity contribution in [2.24, 2.45) is 5.92 Å². The van der Waals surface area contributed by atoms with Gasteiger partial charge in [-0.2, -0.15) is 0 Å². The van der Waals surface area contributed by atoms with Crippen LogP contribution >= 0.6 is 0 Å². The number of rotatable bonds is 7. The molecule has 1 rings (SSSR count). The molecule has 0 heterocycles. The summed E-state index contributed by atoms with van der Waals surface area (Å²) >= 11 is 0. The molecule has 0 aromatic carbocycles. The molecule has 0 radical (unpaired) electrons. The van der Waals surface area contributed by atoms with E-state index in [4.69, 9.17) is 4.74 Å². The average molecular weight is 270 g/mol. The van der Waals surface area contributed by atoms with Gasteiger partial charge in [-0.3, -0.25) is 9.59 Å². The third-order valence-corrected chi connectivity index (χ3v) is 3.58. The van der Waals surface area contributed by atoms with Gasteiger partial charge in [0, 0.05) is 20.1 Å². The Morgan fingerprint density at radius 1 is 1.26 bits per heavy atom. The van der Waals surface area contributed by atoms with Gasteiger partial charge in [-0.25, -0.2) is 0 Å². The highest BCUT2D eigenvalue weighted by Gasteiger charge is 2.20. The quantitative estimate of drug-likeness (QED) is 0.731. The minimum absolute atomic E-state index is 0.130. The van der Waals surface area contributed by atoms with Crippen molar-refractivity contribution in [2.75, 3.05) is 20.3 Å². The first-order chi connectivity index (χ1) is 9.17. The molecule has 5 heteroatoms. The van der Waals surface area contributed by atoms with E-state index in [1.54, 1.807) is 14.0 Å². The average Bonchev–Trinajstić information content (AvgIpc) is 2.46. The molecule has 0 saturated heterocycles. The number of carbonyl (C=O) groups is 2. The van der Waals surface area contributed by atoms with Gasteiger partial charge in [0.25, 0.3) is 0 Å². The molecule has 1 aliphatic carbocycles. The summed E-state index contributed by atoms with van der Waals surface area (Å²) in [6, 6.07) is -0.582. The number of likely N-dealkylation sites (N-methyl/N-ethyl adjacent to an activating group) is 1. The van der Waals surface area contributed by atoms with Crippen molar-refractivity contribution in [1.29, 1.82) is 0 Å². The van der Waals surface area contributed by atoms with E-state index in [2.05, 4.69) is 10.6 Å². The zero-order chi connectivity index (χ0) is 14.1. The maximum Gasteiger partial charge on any atom is 0.244 e. The van der Waals surface area contributed by atoms with Crippen molar-refractivity contribution in [2.45, 2.75) is 51.5 Å². The van der Waals surface area contributed by atoms with Crippen LogP contribution in [0.4, 0.5) is 0 Å². The lowest BCUT2D eigenvalue weighted by Gasteiger charge is -2.23. The predicted molar refractivity (Wildman–Crippen MR) is 73.7 cm³/mol. The second-order valence-corrected chi connectivity index (χ2v) is 5.13. The largest absolute Gasteiger partial charge is 0.378 e. The molecular formula is C14H26N2O3. The van der Waals surface area contributed by atoms with Gasteiger partial charge in [0.1, 0.15) is 6.04 Å². The first-order valence-electron chi connectivity index (χ1n) is 7.26. The van der Waals surface area contributed by atoms with E-state index >= 15 is 0 Å². The maximum atomic E-state index is 11.6. The fraction of sp³-hybridized carbons (Fsp3) is 0.857. The summed E-state index contributed by atoms with van der Waals surface area (Å²) in [5.74, 6) is 0.279. The van der Waals surface area contributed by atoms with Crippen LogP contribution in [0.15, 0.2) is 0 Å². The highest BCUT2D eigenvalue weighted by Crippen LogP contribution is 2.23. The van der Waals surface area contributed by atoms with Crippen molar-refractivity contribution >= 4 is 11.8 Å². The lowest BCUT2D eigenvalue weighted by atomic mass is 9.90. The first-order valence-corrected chi connectivity index (χ1v) is 7.26. The molecule has 0 bridgehead atoms. The Balaban J connectivity index is 2.30. The van der Waals surface area contributed by atoms with Crippen LogP contribution in [0.25, 0.3) is 0 Å². The fourth-order valence-electron chi connectivity index (χ4n) is 2.36. The van der Waals surface area contributed by atoms with Gasteiger partial charge in [-0.05, 0) is 18.8 Å². The van der Waals surface area contributed by atoms with Gasteiger partial charge in [0.2, 0.25) is 11.8 Å². The predicted octanol–water partition coefficient (Wildman–Crippen LogP) is 1.22. The molecule has 0 aromatic heterocycles. The van der Waals surface area contributed by atoms with Crippen molar-refractivity contribution in [3.63, 3.8) is 0 Å². The molecule has 1 fully saturated rings. The van der Waals surface area contributed by atoms with E-state index in [1.807, 2.05) is 0 Å². The monoisotopic (exact) mass is 270 g/mol. The smallest absolute Gasteiger partial charge is 0.244 e. The maximum absolute atomic E-state index is 11.6. The van der Waals surface area contributed by atoms with Crippen LogP contribution in [-0.4, -0.2) is 38.1 Å². The zero-order valence-corrected chi connectivity index (χ0v) is 12.0. The van der Waals surface area contributed by atoms with Crippen LogP contribution < -0.4 is 10.6 Å². The molecule has 1 unspecified atom stereocenters. The molecule has 1 aliphatic rings. The van der Waals surface area contributed by atoms with E-state index < -0.39 is 6.04 Å². The molecule has 2 N–H and O–H groups in total. The normalized spacial score (nSPS) is 17.8. The van der Waals surface area contributed by atoms with Crippen molar-refractivity contribution < 1.29 is 14.3 Å². The number of hydrogen-bond donors (Lipinski definition) is 2. The van der Waals surface area contributed by atoms with Crippen LogP contribution in [0.5, 0.6) is 0 Å². The first kappa shape index (κ1) is 16.0.